The Bertz CT molecular complexity index is 233. The lowest BCUT2D eigenvalue weighted by Crippen LogP contribution is -2.49. The van der Waals surface area contributed by atoms with Crippen LogP contribution in [0.2, 0.25) is 0 Å². The van der Waals surface area contributed by atoms with E-state index in [0.29, 0.717) is 13.2 Å². The maximum atomic E-state index is 9.80. The van der Waals surface area contributed by atoms with Gasteiger partial charge in [0.15, 0.2) is 0 Å². The van der Waals surface area contributed by atoms with E-state index in [2.05, 4.69) is 24.2 Å². The van der Waals surface area contributed by atoms with Crippen LogP contribution in [0.3, 0.4) is 0 Å². The van der Waals surface area contributed by atoms with Gasteiger partial charge in [-0.3, -0.25) is 0 Å². The zero-order valence-corrected chi connectivity index (χ0v) is 12.7. The van der Waals surface area contributed by atoms with E-state index < -0.39 is 6.10 Å². The zero-order chi connectivity index (χ0) is 14.1. The van der Waals surface area contributed by atoms with Crippen LogP contribution < -0.4 is 5.32 Å². The normalized spacial score (nSPS) is 25.7. The van der Waals surface area contributed by atoms with Crippen LogP contribution in [0.25, 0.3) is 0 Å². The summed E-state index contributed by atoms with van der Waals surface area (Å²) in [5.74, 6) is 0. The molecule has 5 nitrogen and oxygen atoms in total. The second-order valence-electron chi connectivity index (χ2n) is 5.74. The molecule has 1 aliphatic rings. The molecule has 1 heterocycles. The predicted molar refractivity (Wildman–Crippen MR) is 76.4 cm³/mol. The highest BCUT2D eigenvalue weighted by molar-refractivity contribution is 4.87. The smallest absolute Gasteiger partial charge is 0.0899 e. The Hall–Kier alpha value is -0.200. The van der Waals surface area contributed by atoms with Gasteiger partial charge in [0.1, 0.15) is 0 Å². The number of ether oxygens (including phenoxy) is 2. The van der Waals surface area contributed by atoms with Crippen LogP contribution in [-0.4, -0.2) is 76.3 Å². The fourth-order valence-corrected chi connectivity index (χ4v) is 2.86. The van der Waals surface area contributed by atoms with E-state index in [1.54, 1.807) is 7.11 Å². The molecule has 0 spiro atoms. The van der Waals surface area contributed by atoms with Gasteiger partial charge in [0, 0.05) is 38.8 Å². The number of rotatable bonds is 9. The first kappa shape index (κ1) is 16.9. The Balaban J connectivity index is 2.46. The number of nitrogens with zero attached hydrogens (tertiary/aromatic N) is 1. The molecule has 19 heavy (non-hydrogen) atoms. The number of likely N-dealkylation sites (N-methyl/N-ethyl adjacent to an activating group) is 1. The van der Waals surface area contributed by atoms with E-state index >= 15 is 0 Å². The number of nitrogens with one attached hydrogen (secondary N) is 1. The van der Waals surface area contributed by atoms with Crippen molar-refractivity contribution in [3.63, 3.8) is 0 Å². The molecule has 0 aromatic rings. The minimum absolute atomic E-state index is 0.176. The van der Waals surface area contributed by atoms with E-state index in [-0.39, 0.29) is 5.41 Å². The van der Waals surface area contributed by atoms with Gasteiger partial charge in [-0.25, -0.2) is 0 Å². The molecule has 2 unspecified atom stereocenters. The van der Waals surface area contributed by atoms with Gasteiger partial charge in [0.25, 0.3) is 0 Å². The Morgan fingerprint density at radius 1 is 1.53 bits per heavy atom. The average Bonchev–Trinajstić information content (AvgIpc) is 2.37. The van der Waals surface area contributed by atoms with E-state index in [9.17, 15) is 5.11 Å². The van der Waals surface area contributed by atoms with Crippen LogP contribution in [0, 0.1) is 5.41 Å². The third-order valence-electron chi connectivity index (χ3n) is 3.64. The summed E-state index contributed by atoms with van der Waals surface area (Å²) in [7, 11) is 3.67. The van der Waals surface area contributed by atoms with Gasteiger partial charge in [-0.05, 0) is 26.4 Å². The maximum Gasteiger partial charge on any atom is 0.0899 e. The van der Waals surface area contributed by atoms with Crippen LogP contribution >= 0.6 is 0 Å². The molecule has 0 saturated carbocycles. The second kappa shape index (κ2) is 8.87. The molecule has 0 amide bonds. The SMILES string of the molecule is CCNCC1(CN(C)CC(O)COC)CCCOC1. The molecular formula is C14H30N2O3. The topological polar surface area (TPSA) is 54.0 Å². The van der Waals surface area contributed by atoms with Crippen LogP contribution in [0.15, 0.2) is 0 Å². The van der Waals surface area contributed by atoms with Gasteiger partial charge in [0.2, 0.25) is 0 Å². The molecule has 114 valence electrons. The van der Waals surface area contributed by atoms with Gasteiger partial charge < -0.3 is 24.8 Å². The van der Waals surface area contributed by atoms with Crippen LogP contribution in [-0.2, 0) is 9.47 Å². The third kappa shape index (κ3) is 6.19. The van der Waals surface area contributed by atoms with Crippen molar-refractivity contribution in [2.24, 2.45) is 5.41 Å². The van der Waals surface area contributed by atoms with Crippen molar-refractivity contribution in [3.8, 4) is 0 Å². The Kier molecular flexibility index (Phi) is 7.87. The first-order valence-electron chi connectivity index (χ1n) is 7.26. The summed E-state index contributed by atoms with van der Waals surface area (Å²) < 4.78 is 10.7. The molecule has 0 aliphatic carbocycles. The van der Waals surface area contributed by atoms with Crippen molar-refractivity contribution in [2.45, 2.75) is 25.9 Å². The molecule has 0 aromatic carbocycles. The number of hydrogen-bond donors (Lipinski definition) is 2. The molecular weight excluding hydrogens is 244 g/mol. The molecule has 2 N–H and O–H groups in total. The zero-order valence-electron chi connectivity index (χ0n) is 12.7. The standard InChI is InChI=1S/C14H30N2O3/c1-4-15-10-14(6-5-7-19-12-14)11-16(2)8-13(17)9-18-3/h13,15,17H,4-12H2,1-3H3. The van der Waals surface area contributed by atoms with Gasteiger partial charge in [-0.2, -0.15) is 0 Å². The minimum Gasteiger partial charge on any atom is -0.389 e. The molecule has 1 saturated heterocycles. The monoisotopic (exact) mass is 274 g/mol. The highest BCUT2D eigenvalue weighted by atomic mass is 16.5. The highest BCUT2D eigenvalue weighted by Gasteiger charge is 2.33. The predicted octanol–water partition coefficient (Wildman–Crippen LogP) is 0.332. The molecule has 0 radical (unpaired) electrons. The quantitative estimate of drug-likeness (QED) is 0.635. The van der Waals surface area contributed by atoms with Crippen LogP contribution in [0.4, 0.5) is 0 Å². The fraction of sp³-hybridized carbons (Fsp3) is 1.00. The Labute approximate surface area is 117 Å². The fourth-order valence-electron chi connectivity index (χ4n) is 2.86. The summed E-state index contributed by atoms with van der Waals surface area (Å²) in [6, 6.07) is 0. The summed E-state index contributed by atoms with van der Waals surface area (Å²) in [5.41, 5.74) is 0.176. The minimum atomic E-state index is -0.421. The van der Waals surface area contributed by atoms with Crippen molar-refractivity contribution < 1.29 is 14.6 Å². The van der Waals surface area contributed by atoms with Crippen molar-refractivity contribution in [3.05, 3.63) is 0 Å². The Morgan fingerprint density at radius 3 is 2.89 bits per heavy atom. The largest absolute Gasteiger partial charge is 0.389 e. The number of hydrogen-bond acceptors (Lipinski definition) is 5. The van der Waals surface area contributed by atoms with Crippen molar-refractivity contribution in [2.75, 3.05) is 60.2 Å². The first-order chi connectivity index (χ1) is 9.12. The maximum absolute atomic E-state index is 9.80. The van der Waals surface area contributed by atoms with Crippen molar-refractivity contribution in [1.29, 1.82) is 0 Å². The van der Waals surface area contributed by atoms with Crippen molar-refractivity contribution in [1.82, 2.24) is 10.2 Å². The lowest BCUT2D eigenvalue weighted by atomic mass is 9.81. The van der Waals surface area contributed by atoms with E-state index in [4.69, 9.17) is 9.47 Å². The number of aliphatic hydroxyl groups excluding tert-OH is 1. The molecule has 0 aromatic heterocycles. The third-order valence-corrected chi connectivity index (χ3v) is 3.64. The second-order valence-corrected chi connectivity index (χ2v) is 5.74. The number of aliphatic hydroxyl groups is 1. The van der Waals surface area contributed by atoms with Crippen LogP contribution in [0.1, 0.15) is 19.8 Å². The number of methoxy groups -OCH3 is 1. The van der Waals surface area contributed by atoms with Gasteiger partial charge in [-0.15, -0.1) is 0 Å². The Morgan fingerprint density at radius 2 is 2.32 bits per heavy atom. The average molecular weight is 274 g/mol. The molecule has 0 bridgehead atoms. The lowest BCUT2D eigenvalue weighted by molar-refractivity contribution is -0.0315. The molecule has 2 atom stereocenters. The van der Waals surface area contributed by atoms with Gasteiger partial charge >= 0.3 is 0 Å². The van der Waals surface area contributed by atoms with Crippen LogP contribution in [0.5, 0.6) is 0 Å². The molecule has 1 rings (SSSR count). The summed E-state index contributed by atoms with van der Waals surface area (Å²) in [5, 5.41) is 13.2. The molecule has 1 fully saturated rings. The van der Waals surface area contributed by atoms with Crippen molar-refractivity contribution >= 4 is 0 Å². The van der Waals surface area contributed by atoms with Gasteiger partial charge in [-0.1, -0.05) is 6.92 Å². The highest BCUT2D eigenvalue weighted by Crippen LogP contribution is 2.28. The molecule has 5 heteroatoms. The lowest BCUT2D eigenvalue weighted by Gasteiger charge is -2.40. The summed E-state index contributed by atoms with van der Waals surface area (Å²) in [6.07, 6.45) is 1.89. The summed E-state index contributed by atoms with van der Waals surface area (Å²) >= 11 is 0. The van der Waals surface area contributed by atoms with E-state index in [1.165, 1.54) is 6.42 Å². The first-order valence-corrected chi connectivity index (χ1v) is 7.26. The summed E-state index contributed by atoms with van der Waals surface area (Å²) in [6.45, 7) is 7.76. The molecule has 1 aliphatic heterocycles. The summed E-state index contributed by atoms with van der Waals surface area (Å²) in [4.78, 5) is 2.19. The van der Waals surface area contributed by atoms with Gasteiger partial charge in [0.05, 0.1) is 19.3 Å². The van der Waals surface area contributed by atoms with E-state index in [1.807, 2.05) is 0 Å². The van der Waals surface area contributed by atoms with E-state index in [0.717, 1.165) is 39.3 Å².